The number of hydrogen-bond acceptors (Lipinski definition) is 7. The smallest absolute Gasteiger partial charge is 0.332 e. The minimum absolute atomic E-state index is 0.0985. The minimum atomic E-state index is -3.03. The van der Waals surface area contributed by atoms with Crippen LogP contribution < -0.4 is 21.3 Å². The first-order chi connectivity index (χ1) is 16.2. The van der Waals surface area contributed by atoms with Gasteiger partial charge in [0.25, 0.3) is 5.56 Å². The third-order valence-corrected chi connectivity index (χ3v) is 8.20. The van der Waals surface area contributed by atoms with E-state index in [-0.39, 0.29) is 30.6 Å². The summed E-state index contributed by atoms with van der Waals surface area (Å²) in [5.74, 6) is 1.15. The summed E-state index contributed by atoms with van der Waals surface area (Å²) >= 11 is 6.32. The quantitative estimate of drug-likeness (QED) is 0.518. The van der Waals surface area contributed by atoms with Crippen molar-refractivity contribution in [3.8, 4) is 5.75 Å². The number of methoxy groups -OCH3 is 1. The van der Waals surface area contributed by atoms with Gasteiger partial charge in [-0.1, -0.05) is 17.7 Å². The number of rotatable bonds is 7. The van der Waals surface area contributed by atoms with Crippen LogP contribution in [0.5, 0.6) is 5.75 Å². The highest BCUT2D eigenvalue weighted by molar-refractivity contribution is 7.91. The Morgan fingerprint density at radius 1 is 1.12 bits per heavy atom. The molecule has 12 heteroatoms. The maximum atomic E-state index is 13.4. The largest absolute Gasteiger partial charge is 0.495 e. The summed E-state index contributed by atoms with van der Waals surface area (Å²) in [7, 11) is -1.49. The molecular formula is C22H28ClN5O5S. The average Bonchev–Trinajstić information content (AvgIpc) is 3.13. The van der Waals surface area contributed by atoms with Gasteiger partial charge in [0.1, 0.15) is 15.6 Å². The summed E-state index contributed by atoms with van der Waals surface area (Å²) < 4.78 is 33.4. The standard InChI is InChI=1S/C22H28ClN5O5S/c1-4-26-19-18(20(29)27(5-2)22(26)30)28(13-14-6-7-17(33-3)16(23)12-14)21(25-19)24-15-8-10-34(31,32)11-9-15/h6-7,12,15H,4-5,8-11,13H2,1-3H3,(H,24,25). The normalized spacial score (nSPS) is 16.1. The summed E-state index contributed by atoms with van der Waals surface area (Å²) in [6.07, 6.45) is 0.888. The molecule has 3 aromatic rings. The number of fused-ring (bicyclic) bond motifs is 1. The number of halogens is 1. The van der Waals surface area contributed by atoms with Crippen molar-refractivity contribution in [1.29, 1.82) is 0 Å². The van der Waals surface area contributed by atoms with Crippen LogP contribution in [-0.4, -0.2) is 51.8 Å². The second kappa shape index (κ2) is 9.46. The molecule has 1 aliphatic heterocycles. The summed E-state index contributed by atoms with van der Waals surface area (Å²) in [6.45, 7) is 4.43. The van der Waals surface area contributed by atoms with Gasteiger partial charge in [-0.05, 0) is 44.4 Å². The van der Waals surface area contributed by atoms with Gasteiger partial charge in [0.15, 0.2) is 11.2 Å². The first-order valence-corrected chi connectivity index (χ1v) is 13.4. The molecule has 1 aliphatic rings. The van der Waals surface area contributed by atoms with E-state index in [1.54, 1.807) is 23.6 Å². The lowest BCUT2D eigenvalue weighted by Crippen LogP contribution is -2.40. The summed E-state index contributed by atoms with van der Waals surface area (Å²) in [5, 5.41) is 3.77. The van der Waals surface area contributed by atoms with E-state index in [0.29, 0.717) is 47.3 Å². The Bertz CT molecular complexity index is 1440. The molecule has 1 saturated heterocycles. The molecule has 2 aromatic heterocycles. The van der Waals surface area contributed by atoms with Crippen molar-refractivity contribution in [2.45, 2.75) is 52.4 Å². The van der Waals surface area contributed by atoms with Gasteiger partial charge in [-0.3, -0.25) is 18.5 Å². The van der Waals surface area contributed by atoms with Gasteiger partial charge in [-0.15, -0.1) is 0 Å². The zero-order valence-corrected chi connectivity index (χ0v) is 20.9. The van der Waals surface area contributed by atoms with Crippen molar-refractivity contribution in [2.75, 3.05) is 23.9 Å². The first kappa shape index (κ1) is 24.3. The van der Waals surface area contributed by atoms with Gasteiger partial charge in [0, 0.05) is 19.1 Å². The highest BCUT2D eigenvalue weighted by Gasteiger charge is 2.27. The molecule has 34 heavy (non-hydrogen) atoms. The molecule has 4 rings (SSSR count). The third-order valence-electron chi connectivity index (χ3n) is 6.19. The van der Waals surface area contributed by atoms with Gasteiger partial charge in [-0.25, -0.2) is 13.2 Å². The molecule has 1 fully saturated rings. The Hall–Kier alpha value is -2.79. The van der Waals surface area contributed by atoms with Crippen molar-refractivity contribution in [2.24, 2.45) is 0 Å². The van der Waals surface area contributed by atoms with Gasteiger partial charge in [-0.2, -0.15) is 4.98 Å². The molecule has 0 radical (unpaired) electrons. The van der Waals surface area contributed by atoms with Gasteiger partial charge >= 0.3 is 5.69 Å². The molecule has 1 N–H and O–H groups in total. The summed E-state index contributed by atoms with van der Waals surface area (Å²) in [4.78, 5) is 30.9. The van der Waals surface area contributed by atoms with E-state index in [9.17, 15) is 18.0 Å². The van der Waals surface area contributed by atoms with Gasteiger partial charge in [0.05, 0.1) is 30.2 Å². The Morgan fingerprint density at radius 3 is 2.38 bits per heavy atom. The molecule has 0 amide bonds. The Morgan fingerprint density at radius 2 is 1.79 bits per heavy atom. The monoisotopic (exact) mass is 509 g/mol. The van der Waals surface area contributed by atoms with Crippen LogP contribution in [0.3, 0.4) is 0 Å². The van der Waals surface area contributed by atoms with E-state index in [1.807, 2.05) is 13.0 Å². The van der Waals surface area contributed by atoms with Crippen LogP contribution in [0.15, 0.2) is 27.8 Å². The zero-order valence-electron chi connectivity index (χ0n) is 19.4. The van der Waals surface area contributed by atoms with E-state index >= 15 is 0 Å². The van der Waals surface area contributed by atoms with Crippen LogP contribution >= 0.6 is 11.6 Å². The Labute approximate surface area is 202 Å². The fourth-order valence-corrected chi connectivity index (χ4v) is 6.10. The summed E-state index contributed by atoms with van der Waals surface area (Å²) in [5.41, 5.74) is 0.596. The number of anilines is 1. The van der Waals surface area contributed by atoms with Crippen LogP contribution in [-0.2, 0) is 29.5 Å². The van der Waals surface area contributed by atoms with Crippen LogP contribution in [0.25, 0.3) is 11.2 Å². The molecule has 0 spiro atoms. The molecule has 0 atom stereocenters. The van der Waals surface area contributed by atoms with Crippen LogP contribution in [0.2, 0.25) is 5.02 Å². The molecule has 184 valence electrons. The maximum Gasteiger partial charge on any atom is 0.332 e. The van der Waals surface area contributed by atoms with Crippen LogP contribution in [0, 0.1) is 0 Å². The van der Waals surface area contributed by atoms with Crippen LogP contribution in [0.1, 0.15) is 32.3 Å². The lowest BCUT2D eigenvalue weighted by molar-refractivity contribution is 0.415. The van der Waals surface area contributed by atoms with E-state index in [2.05, 4.69) is 10.3 Å². The van der Waals surface area contributed by atoms with Crippen molar-refractivity contribution in [1.82, 2.24) is 18.7 Å². The molecular weight excluding hydrogens is 482 g/mol. The molecule has 0 bridgehead atoms. The third kappa shape index (κ3) is 4.46. The molecule has 0 saturated carbocycles. The SMILES string of the molecule is CCn1c(=O)c2c(nc(NC3CCS(=O)(=O)CC3)n2Cc2ccc(OC)c(Cl)c2)n(CC)c1=O. The van der Waals surface area contributed by atoms with Gasteiger partial charge < -0.3 is 10.1 Å². The fraction of sp³-hybridized carbons (Fsp3) is 0.500. The van der Waals surface area contributed by atoms with Crippen molar-refractivity contribution >= 4 is 38.6 Å². The fourth-order valence-electron chi connectivity index (χ4n) is 4.33. The number of sulfone groups is 1. The lowest BCUT2D eigenvalue weighted by Gasteiger charge is -2.24. The number of benzene rings is 1. The second-order valence-electron chi connectivity index (χ2n) is 8.31. The van der Waals surface area contributed by atoms with Crippen molar-refractivity contribution in [3.63, 3.8) is 0 Å². The number of aromatic nitrogens is 4. The number of aryl methyl sites for hydroxylation is 1. The van der Waals surface area contributed by atoms with Crippen molar-refractivity contribution in [3.05, 3.63) is 49.6 Å². The molecule has 10 nitrogen and oxygen atoms in total. The van der Waals surface area contributed by atoms with E-state index in [4.69, 9.17) is 16.3 Å². The topological polar surface area (TPSA) is 117 Å². The number of imidazole rings is 1. The Balaban J connectivity index is 1.87. The minimum Gasteiger partial charge on any atom is -0.495 e. The predicted molar refractivity (Wildman–Crippen MR) is 132 cm³/mol. The molecule has 0 unspecified atom stereocenters. The molecule has 0 aliphatic carbocycles. The van der Waals surface area contributed by atoms with E-state index in [0.717, 1.165) is 5.56 Å². The molecule has 1 aromatic carbocycles. The highest BCUT2D eigenvalue weighted by atomic mass is 35.5. The highest BCUT2D eigenvalue weighted by Crippen LogP contribution is 2.27. The predicted octanol–water partition coefficient (Wildman–Crippen LogP) is 2.10. The Kier molecular flexibility index (Phi) is 6.77. The number of ether oxygens (including phenoxy) is 1. The van der Waals surface area contributed by atoms with Gasteiger partial charge in [0.2, 0.25) is 5.95 Å². The number of hydrogen-bond donors (Lipinski definition) is 1. The average molecular weight is 510 g/mol. The second-order valence-corrected chi connectivity index (χ2v) is 11.0. The molecule has 3 heterocycles. The van der Waals surface area contributed by atoms with Crippen LogP contribution in [0.4, 0.5) is 5.95 Å². The summed E-state index contributed by atoms with van der Waals surface area (Å²) in [6, 6.07) is 5.25. The first-order valence-electron chi connectivity index (χ1n) is 11.2. The van der Waals surface area contributed by atoms with E-state index < -0.39 is 21.1 Å². The number of nitrogens with zero attached hydrogens (tertiary/aromatic N) is 4. The number of nitrogens with one attached hydrogen (secondary N) is 1. The lowest BCUT2D eigenvalue weighted by atomic mass is 10.1. The maximum absolute atomic E-state index is 13.4. The van der Waals surface area contributed by atoms with E-state index in [1.165, 1.54) is 16.2 Å². The van der Waals surface area contributed by atoms with Crippen molar-refractivity contribution < 1.29 is 13.2 Å². The zero-order chi connectivity index (χ0) is 24.6.